The van der Waals surface area contributed by atoms with Gasteiger partial charge in [-0.25, -0.2) is 23.5 Å². The third-order valence-corrected chi connectivity index (χ3v) is 3.46. The van der Waals surface area contributed by atoms with Gasteiger partial charge in [-0.2, -0.15) is 0 Å². The summed E-state index contributed by atoms with van der Waals surface area (Å²) in [6, 6.07) is 6.23. The van der Waals surface area contributed by atoms with Crippen molar-refractivity contribution in [2.24, 2.45) is 5.14 Å². The van der Waals surface area contributed by atoms with Gasteiger partial charge >= 0.3 is 0 Å². The van der Waals surface area contributed by atoms with Crippen molar-refractivity contribution >= 4 is 10.0 Å². The van der Waals surface area contributed by atoms with Crippen molar-refractivity contribution in [2.75, 3.05) is 13.2 Å². The molecule has 0 saturated heterocycles. The van der Waals surface area contributed by atoms with Gasteiger partial charge in [0.2, 0.25) is 15.9 Å². The molecule has 1 aromatic carbocycles. The molecule has 1 heterocycles. The molecule has 7 nitrogen and oxygen atoms in total. The number of ether oxygens (including phenoxy) is 1. The number of aliphatic hydroxyl groups is 1. The van der Waals surface area contributed by atoms with E-state index in [1.54, 1.807) is 18.2 Å². The summed E-state index contributed by atoms with van der Waals surface area (Å²) in [7, 11) is -3.88. The minimum atomic E-state index is -3.88. The van der Waals surface area contributed by atoms with Crippen molar-refractivity contribution in [1.82, 2.24) is 9.97 Å². The second-order valence-corrected chi connectivity index (χ2v) is 5.38. The molecule has 0 bridgehead atoms. The third kappa shape index (κ3) is 3.10. The first-order chi connectivity index (χ1) is 9.54. The molecule has 0 atom stereocenters. The summed E-state index contributed by atoms with van der Waals surface area (Å²) in [4.78, 5) is 7.76. The van der Waals surface area contributed by atoms with Gasteiger partial charge in [0.05, 0.1) is 17.1 Å². The lowest BCUT2D eigenvalue weighted by molar-refractivity contribution is 0.197. The molecule has 3 N–H and O–H groups in total. The zero-order valence-corrected chi connectivity index (χ0v) is 11.2. The van der Waals surface area contributed by atoms with Crippen LogP contribution in [0.4, 0.5) is 0 Å². The highest BCUT2D eigenvalue weighted by atomic mass is 32.2. The van der Waals surface area contributed by atoms with E-state index < -0.39 is 10.0 Å². The SMILES string of the molecule is NS(=O)(=O)c1ccccc1-c1cncnc1OCCO. The van der Waals surface area contributed by atoms with Crippen molar-refractivity contribution in [1.29, 1.82) is 0 Å². The molecule has 8 heteroatoms. The Bertz CT molecular complexity index is 703. The van der Waals surface area contributed by atoms with E-state index in [1.807, 2.05) is 0 Å². The third-order valence-electron chi connectivity index (χ3n) is 2.49. The van der Waals surface area contributed by atoms with E-state index in [2.05, 4.69) is 9.97 Å². The first kappa shape index (κ1) is 14.4. The van der Waals surface area contributed by atoms with Gasteiger partial charge in [-0.1, -0.05) is 18.2 Å². The molecule has 1 aromatic heterocycles. The van der Waals surface area contributed by atoms with E-state index in [-0.39, 0.29) is 24.0 Å². The first-order valence-corrected chi connectivity index (χ1v) is 7.24. The fourth-order valence-corrected chi connectivity index (χ4v) is 2.45. The zero-order chi connectivity index (χ0) is 14.6. The molecule has 0 fully saturated rings. The molecule has 0 spiro atoms. The van der Waals surface area contributed by atoms with Crippen LogP contribution in [0.2, 0.25) is 0 Å². The van der Waals surface area contributed by atoms with Crippen LogP contribution < -0.4 is 9.88 Å². The Hall–Kier alpha value is -2.03. The van der Waals surface area contributed by atoms with Gasteiger partial charge in [0.1, 0.15) is 12.9 Å². The number of hydrogen-bond donors (Lipinski definition) is 2. The summed E-state index contributed by atoms with van der Waals surface area (Å²) in [5, 5.41) is 14.0. The van der Waals surface area contributed by atoms with Crippen LogP contribution in [-0.4, -0.2) is 36.7 Å². The number of rotatable bonds is 5. The van der Waals surface area contributed by atoms with E-state index in [0.29, 0.717) is 11.1 Å². The molecule has 0 aliphatic rings. The molecule has 20 heavy (non-hydrogen) atoms. The van der Waals surface area contributed by atoms with Gasteiger partial charge in [-0.05, 0) is 6.07 Å². The van der Waals surface area contributed by atoms with Crippen LogP contribution in [0, 0.1) is 0 Å². The van der Waals surface area contributed by atoms with Crippen molar-refractivity contribution in [2.45, 2.75) is 4.90 Å². The fourth-order valence-electron chi connectivity index (χ4n) is 1.70. The average molecular weight is 295 g/mol. The molecule has 2 rings (SSSR count). The molecular formula is C12H13N3O4S. The summed E-state index contributed by atoms with van der Waals surface area (Å²) < 4.78 is 28.5. The lowest BCUT2D eigenvalue weighted by Crippen LogP contribution is -2.13. The highest BCUT2D eigenvalue weighted by Gasteiger charge is 2.18. The van der Waals surface area contributed by atoms with Crippen LogP contribution >= 0.6 is 0 Å². The molecule has 0 radical (unpaired) electrons. The van der Waals surface area contributed by atoms with Crippen molar-refractivity contribution in [3.8, 4) is 17.0 Å². The standard InChI is InChI=1S/C12H13N3O4S/c13-20(17,18)11-4-2-1-3-9(11)10-7-14-8-15-12(10)19-6-5-16/h1-4,7-8,16H,5-6H2,(H2,13,17,18). The van der Waals surface area contributed by atoms with Crippen LogP contribution in [0.3, 0.4) is 0 Å². The van der Waals surface area contributed by atoms with E-state index >= 15 is 0 Å². The molecule has 0 saturated carbocycles. The number of aliphatic hydroxyl groups excluding tert-OH is 1. The normalized spacial score (nSPS) is 11.3. The van der Waals surface area contributed by atoms with Crippen molar-refractivity contribution < 1.29 is 18.3 Å². The molecule has 0 unspecified atom stereocenters. The predicted molar refractivity (Wildman–Crippen MR) is 71.4 cm³/mol. The van der Waals surface area contributed by atoms with Crippen LogP contribution in [0.25, 0.3) is 11.1 Å². The molecule has 2 aromatic rings. The maximum atomic E-state index is 11.6. The number of nitrogens with two attached hydrogens (primary N) is 1. The lowest BCUT2D eigenvalue weighted by atomic mass is 10.1. The number of aromatic nitrogens is 2. The predicted octanol–water partition coefficient (Wildman–Crippen LogP) is 0.162. The summed E-state index contributed by atoms with van der Waals surface area (Å²) in [6.07, 6.45) is 2.71. The van der Waals surface area contributed by atoms with Gasteiger partial charge in [0.15, 0.2) is 0 Å². The van der Waals surface area contributed by atoms with Gasteiger partial charge < -0.3 is 9.84 Å². The summed E-state index contributed by atoms with van der Waals surface area (Å²) in [5.74, 6) is 0.185. The zero-order valence-electron chi connectivity index (χ0n) is 10.4. The molecule has 106 valence electrons. The van der Waals surface area contributed by atoms with E-state index in [1.165, 1.54) is 18.6 Å². The smallest absolute Gasteiger partial charge is 0.238 e. The Morgan fingerprint density at radius 1 is 1.25 bits per heavy atom. The van der Waals surface area contributed by atoms with E-state index in [4.69, 9.17) is 15.0 Å². The largest absolute Gasteiger partial charge is 0.475 e. The average Bonchev–Trinajstić information content (AvgIpc) is 2.44. The highest BCUT2D eigenvalue weighted by molar-refractivity contribution is 7.89. The maximum absolute atomic E-state index is 11.6. The van der Waals surface area contributed by atoms with Crippen LogP contribution in [-0.2, 0) is 10.0 Å². The summed E-state index contributed by atoms with van der Waals surface area (Å²) in [5.41, 5.74) is 0.745. The number of hydrogen-bond acceptors (Lipinski definition) is 6. The monoisotopic (exact) mass is 295 g/mol. The number of sulfonamides is 1. The van der Waals surface area contributed by atoms with Crippen molar-refractivity contribution in [3.63, 3.8) is 0 Å². The Kier molecular flexibility index (Phi) is 4.28. The second kappa shape index (κ2) is 5.95. The second-order valence-electron chi connectivity index (χ2n) is 3.85. The Labute approximate surface area is 116 Å². The molecule has 0 amide bonds. The fraction of sp³-hybridized carbons (Fsp3) is 0.167. The van der Waals surface area contributed by atoms with E-state index in [9.17, 15) is 8.42 Å². The van der Waals surface area contributed by atoms with Gasteiger partial charge in [0.25, 0.3) is 0 Å². The van der Waals surface area contributed by atoms with Crippen molar-refractivity contribution in [3.05, 3.63) is 36.8 Å². The van der Waals surface area contributed by atoms with Gasteiger partial charge in [-0.3, -0.25) is 0 Å². The Morgan fingerprint density at radius 2 is 2.00 bits per heavy atom. The summed E-state index contributed by atoms with van der Waals surface area (Å²) in [6.45, 7) is -0.137. The van der Waals surface area contributed by atoms with Crippen LogP contribution in [0.15, 0.2) is 41.7 Å². The quantitative estimate of drug-likeness (QED) is 0.812. The maximum Gasteiger partial charge on any atom is 0.238 e. The minimum Gasteiger partial charge on any atom is -0.475 e. The van der Waals surface area contributed by atoms with E-state index in [0.717, 1.165) is 0 Å². The first-order valence-electron chi connectivity index (χ1n) is 5.70. The van der Waals surface area contributed by atoms with Gasteiger partial charge in [-0.15, -0.1) is 0 Å². The number of primary sulfonamides is 1. The number of nitrogens with zero attached hydrogens (tertiary/aromatic N) is 2. The number of benzene rings is 1. The minimum absolute atomic E-state index is 0.0383. The lowest BCUT2D eigenvalue weighted by Gasteiger charge is -2.11. The summed E-state index contributed by atoms with van der Waals surface area (Å²) >= 11 is 0. The highest BCUT2D eigenvalue weighted by Crippen LogP contribution is 2.31. The Balaban J connectivity index is 2.58. The van der Waals surface area contributed by atoms with Gasteiger partial charge in [0, 0.05) is 11.8 Å². The Morgan fingerprint density at radius 3 is 2.70 bits per heavy atom. The van der Waals surface area contributed by atoms with Crippen LogP contribution in [0.5, 0.6) is 5.88 Å². The topological polar surface area (TPSA) is 115 Å². The molecular weight excluding hydrogens is 282 g/mol. The molecule has 0 aliphatic heterocycles. The molecule has 0 aliphatic carbocycles. The van der Waals surface area contributed by atoms with Crippen LogP contribution in [0.1, 0.15) is 0 Å².